The largest absolute Gasteiger partial charge is 0.416 e. The fraction of sp³-hybridized carbons (Fsp3) is 0.300. The number of nitrogens with one attached hydrogen (secondary N) is 3. The third-order valence-corrected chi connectivity index (χ3v) is 2.44. The van der Waals surface area contributed by atoms with E-state index in [4.69, 9.17) is 0 Å². The van der Waals surface area contributed by atoms with Crippen molar-refractivity contribution in [2.75, 3.05) is 7.05 Å². The molecule has 1 aliphatic heterocycles. The normalized spacial score (nSPS) is 18.2. The second kappa shape index (κ2) is 4.83. The highest BCUT2D eigenvalue weighted by Crippen LogP contribution is 2.32. The number of halogens is 3. The number of hydrazine groups is 3. The Bertz CT molecular complexity index is 457. The van der Waals surface area contributed by atoms with Gasteiger partial charge in [-0.25, -0.2) is 4.99 Å². The lowest BCUT2D eigenvalue weighted by atomic mass is 10.1. The molecule has 0 atom stereocenters. The van der Waals surface area contributed by atoms with E-state index in [1.807, 2.05) is 0 Å². The third-order valence-electron chi connectivity index (χ3n) is 2.44. The van der Waals surface area contributed by atoms with E-state index in [1.54, 1.807) is 13.1 Å². The average molecular weight is 259 g/mol. The van der Waals surface area contributed by atoms with E-state index < -0.39 is 11.7 Å². The summed E-state index contributed by atoms with van der Waals surface area (Å²) in [6.07, 6.45) is -4.36. The van der Waals surface area contributed by atoms with Crippen molar-refractivity contribution in [1.82, 2.24) is 21.5 Å². The van der Waals surface area contributed by atoms with Gasteiger partial charge in [0.2, 0.25) is 5.96 Å². The Labute approximate surface area is 102 Å². The molecule has 0 radical (unpaired) electrons. The molecule has 98 valence electrons. The fourth-order valence-corrected chi connectivity index (χ4v) is 1.54. The number of benzene rings is 1. The lowest BCUT2D eigenvalue weighted by Crippen LogP contribution is -2.34. The van der Waals surface area contributed by atoms with Crippen LogP contribution in [0.4, 0.5) is 13.2 Å². The summed E-state index contributed by atoms with van der Waals surface area (Å²) in [7, 11) is 1.68. The molecule has 1 aromatic rings. The number of guanidine groups is 1. The van der Waals surface area contributed by atoms with Gasteiger partial charge in [-0.3, -0.25) is 10.4 Å². The summed E-state index contributed by atoms with van der Waals surface area (Å²) in [5.74, 6) is 0.423. The SMILES string of the molecule is CN1NNNC1=NCc1ccccc1C(F)(F)F. The van der Waals surface area contributed by atoms with Gasteiger partial charge < -0.3 is 0 Å². The number of nitrogens with zero attached hydrogens (tertiary/aromatic N) is 2. The summed E-state index contributed by atoms with van der Waals surface area (Å²) < 4.78 is 38.2. The number of hydrogen-bond acceptors (Lipinski definition) is 3. The highest BCUT2D eigenvalue weighted by Gasteiger charge is 2.32. The predicted molar refractivity (Wildman–Crippen MR) is 59.8 cm³/mol. The lowest BCUT2D eigenvalue weighted by molar-refractivity contribution is -0.138. The van der Waals surface area contributed by atoms with Crippen LogP contribution in [0.1, 0.15) is 11.1 Å². The molecule has 5 nitrogen and oxygen atoms in total. The van der Waals surface area contributed by atoms with Gasteiger partial charge in [-0.1, -0.05) is 18.2 Å². The predicted octanol–water partition coefficient (Wildman–Crippen LogP) is 1.02. The Morgan fingerprint density at radius 1 is 1.28 bits per heavy atom. The number of alkyl halides is 3. The topological polar surface area (TPSA) is 51.7 Å². The first kappa shape index (κ1) is 12.7. The summed E-state index contributed by atoms with van der Waals surface area (Å²) in [6.45, 7) is -0.0499. The Kier molecular flexibility index (Phi) is 3.39. The van der Waals surface area contributed by atoms with Crippen LogP contribution in [0.3, 0.4) is 0 Å². The Hall–Kier alpha value is -1.80. The molecule has 1 aliphatic rings. The zero-order valence-corrected chi connectivity index (χ0v) is 9.54. The molecule has 18 heavy (non-hydrogen) atoms. The van der Waals surface area contributed by atoms with Crippen LogP contribution in [-0.2, 0) is 12.7 Å². The monoisotopic (exact) mass is 259 g/mol. The van der Waals surface area contributed by atoms with Crippen molar-refractivity contribution in [2.45, 2.75) is 12.7 Å². The van der Waals surface area contributed by atoms with Gasteiger partial charge in [-0.05, 0) is 11.6 Å². The van der Waals surface area contributed by atoms with Crippen molar-refractivity contribution in [3.05, 3.63) is 35.4 Å². The minimum Gasteiger partial charge on any atom is -0.275 e. The van der Waals surface area contributed by atoms with Crippen LogP contribution < -0.4 is 16.5 Å². The fourth-order valence-electron chi connectivity index (χ4n) is 1.54. The second-order valence-corrected chi connectivity index (χ2v) is 3.72. The van der Waals surface area contributed by atoms with Crippen molar-refractivity contribution < 1.29 is 13.2 Å². The molecule has 2 rings (SSSR count). The Morgan fingerprint density at radius 2 is 2.00 bits per heavy atom. The van der Waals surface area contributed by atoms with Crippen LogP contribution in [0.2, 0.25) is 0 Å². The molecular formula is C10H12F3N5. The van der Waals surface area contributed by atoms with Crippen LogP contribution in [0.25, 0.3) is 0 Å². The average Bonchev–Trinajstić information content (AvgIpc) is 2.71. The van der Waals surface area contributed by atoms with E-state index in [2.05, 4.69) is 21.5 Å². The van der Waals surface area contributed by atoms with E-state index in [0.717, 1.165) is 6.07 Å². The van der Waals surface area contributed by atoms with Crippen molar-refractivity contribution in [2.24, 2.45) is 4.99 Å². The van der Waals surface area contributed by atoms with Crippen molar-refractivity contribution in [3.63, 3.8) is 0 Å². The molecule has 0 saturated carbocycles. The zero-order chi connectivity index (χ0) is 13.2. The molecule has 1 fully saturated rings. The standard InChI is InChI=1S/C10H12F3N5/c1-18-9(15-16-17-18)14-6-7-4-2-3-5-8(7)10(11,12)13/h2-5,16-17H,6H2,1H3,(H,14,15). The number of aliphatic imine (C=N–C) groups is 1. The molecule has 0 unspecified atom stereocenters. The minimum atomic E-state index is -4.36. The van der Waals surface area contributed by atoms with E-state index in [-0.39, 0.29) is 12.1 Å². The molecule has 0 amide bonds. The summed E-state index contributed by atoms with van der Waals surface area (Å²) in [4.78, 5) is 4.06. The van der Waals surface area contributed by atoms with Crippen LogP contribution in [0.5, 0.6) is 0 Å². The highest BCUT2D eigenvalue weighted by molar-refractivity contribution is 5.79. The first-order chi connectivity index (χ1) is 8.48. The molecule has 0 spiro atoms. The maximum absolute atomic E-state index is 12.7. The van der Waals surface area contributed by atoms with E-state index >= 15 is 0 Å². The van der Waals surface area contributed by atoms with E-state index in [9.17, 15) is 13.2 Å². The second-order valence-electron chi connectivity index (χ2n) is 3.72. The van der Waals surface area contributed by atoms with Gasteiger partial charge in [0, 0.05) is 7.05 Å². The van der Waals surface area contributed by atoms with Crippen LogP contribution in [0, 0.1) is 0 Å². The molecule has 1 aromatic carbocycles. The molecule has 1 saturated heterocycles. The summed E-state index contributed by atoms with van der Waals surface area (Å²) in [5, 5.41) is 1.52. The van der Waals surface area contributed by atoms with Crippen molar-refractivity contribution in [1.29, 1.82) is 0 Å². The van der Waals surface area contributed by atoms with Gasteiger partial charge in [-0.15, -0.1) is 5.53 Å². The Balaban J connectivity index is 2.19. The van der Waals surface area contributed by atoms with Crippen LogP contribution in [0.15, 0.2) is 29.3 Å². The first-order valence-corrected chi connectivity index (χ1v) is 5.18. The molecule has 0 bridgehead atoms. The van der Waals surface area contributed by atoms with Gasteiger partial charge >= 0.3 is 6.18 Å². The van der Waals surface area contributed by atoms with Gasteiger partial charge in [0.15, 0.2) is 0 Å². The lowest BCUT2D eigenvalue weighted by Gasteiger charge is -2.12. The Morgan fingerprint density at radius 3 is 2.61 bits per heavy atom. The van der Waals surface area contributed by atoms with Crippen molar-refractivity contribution >= 4 is 5.96 Å². The molecule has 3 N–H and O–H groups in total. The maximum atomic E-state index is 12.7. The van der Waals surface area contributed by atoms with E-state index in [1.165, 1.54) is 17.1 Å². The first-order valence-electron chi connectivity index (χ1n) is 5.18. The van der Waals surface area contributed by atoms with Crippen LogP contribution >= 0.6 is 0 Å². The minimum absolute atomic E-state index is 0.0499. The van der Waals surface area contributed by atoms with E-state index in [0.29, 0.717) is 5.96 Å². The maximum Gasteiger partial charge on any atom is 0.416 e. The smallest absolute Gasteiger partial charge is 0.275 e. The summed E-state index contributed by atoms with van der Waals surface area (Å²) in [6, 6.07) is 5.40. The number of rotatable bonds is 2. The van der Waals surface area contributed by atoms with Gasteiger partial charge in [0.05, 0.1) is 12.1 Å². The van der Waals surface area contributed by atoms with Gasteiger partial charge in [0.1, 0.15) is 0 Å². The van der Waals surface area contributed by atoms with Crippen molar-refractivity contribution in [3.8, 4) is 0 Å². The highest BCUT2D eigenvalue weighted by atomic mass is 19.4. The molecule has 0 aromatic heterocycles. The quantitative estimate of drug-likeness (QED) is 0.742. The number of hydrogen-bond donors (Lipinski definition) is 3. The summed E-state index contributed by atoms with van der Waals surface area (Å²) in [5.41, 5.74) is 7.40. The van der Waals surface area contributed by atoms with Gasteiger partial charge in [-0.2, -0.15) is 18.7 Å². The summed E-state index contributed by atoms with van der Waals surface area (Å²) >= 11 is 0. The van der Waals surface area contributed by atoms with Gasteiger partial charge in [0.25, 0.3) is 0 Å². The molecule has 8 heteroatoms. The molecular weight excluding hydrogens is 247 g/mol. The molecule has 1 heterocycles. The van der Waals surface area contributed by atoms with Crippen LogP contribution in [-0.4, -0.2) is 18.0 Å². The third kappa shape index (κ3) is 2.71. The zero-order valence-electron chi connectivity index (χ0n) is 9.54. The molecule has 0 aliphatic carbocycles.